The highest BCUT2D eigenvalue weighted by atomic mass is 16.7. The average molecular weight is 445 g/mol. The third-order valence-corrected chi connectivity index (χ3v) is 6.51. The number of carboxylic acid groups (broad SMARTS) is 1. The van der Waals surface area contributed by atoms with Crippen LogP contribution in [0.5, 0.6) is 0 Å². The number of carbonyl (C=O) groups is 2. The number of Topliss-reactive ketones (excluding diaryl/α,β-unsaturated/α-hetero) is 1. The van der Waals surface area contributed by atoms with Gasteiger partial charge in [0, 0.05) is 31.8 Å². The smallest absolute Gasteiger partial charge is 0.303 e. The molecule has 5 atom stereocenters. The predicted molar refractivity (Wildman–Crippen MR) is 126 cm³/mol. The molecule has 178 valence electrons. The van der Waals surface area contributed by atoms with E-state index in [4.69, 9.17) is 14.6 Å². The first-order valence-corrected chi connectivity index (χ1v) is 12.1. The SMILES string of the molecule is CC#CCCC(C)(/C=C/[C@H]1[C@H](C)CC(=O)[C@@H]1C/C=C\CCCC(=O)O)OC1CCCCO1. The number of carboxylic acids is 1. The Bertz CT molecular complexity index is 722. The Morgan fingerprint density at radius 2 is 2.16 bits per heavy atom. The number of hydrogen-bond acceptors (Lipinski definition) is 4. The lowest BCUT2D eigenvalue weighted by Crippen LogP contribution is -2.35. The molecule has 32 heavy (non-hydrogen) atoms. The molecular weight excluding hydrogens is 404 g/mol. The van der Waals surface area contributed by atoms with E-state index in [0.717, 1.165) is 45.1 Å². The van der Waals surface area contributed by atoms with Gasteiger partial charge in [-0.25, -0.2) is 0 Å². The van der Waals surface area contributed by atoms with Crippen LogP contribution in [0.25, 0.3) is 0 Å². The number of ketones is 1. The van der Waals surface area contributed by atoms with E-state index in [1.165, 1.54) is 0 Å². The molecule has 5 heteroatoms. The van der Waals surface area contributed by atoms with Gasteiger partial charge in [0.15, 0.2) is 6.29 Å². The second-order valence-corrected chi connectivity index (χ2v) is 9.34. The van der Waals surface area contributed by atoms with Crippen molar-refractivity contribution in [1.82, 2.24) is 0 Å². The topological polar surface area (TPSA) is 72.8 Å². The summed E-state index contributed by atoms with van der Waals surface area (Å²) >= 11 is 0. The van der Waals surface area contributed by atoms with E-state index >= 15 is 0 Å². The van der Waals surface area contributed by atoms with E-state index in [0.29, 0.717) is 31.0 Å². The van der Waals surface area contributed by atoms with Gasteiger partial charge in [0.1, 0.15) is 5.78 Å². The van der Waals surface area contributed by atoms with Gasteiger partial charge in [0.25, 0.3) is 0 Å². The summed E-state index contributed by atoms with van der Waals surface area (Å²) in [4.78, 5) is 23.3. The second kappa shape index (κ2) is 13.6. The number of hydrogen-bond donors (Lipinski definition) is 1. The predicted octanol–water partition coefficient (Wildman–Crippen LogP) is 5.69. The molecule has 5 nitrogen and oxygen atoms in total. The molecule has 0 bridgehead atoms. The van der Waals surface area contributed by atoms with Gasteiger partial charge in [0.2, 0.25) is 0 Å². The van der Waals surface area contributed by atoms with Crippen molar-refractivity contribution in [2.24, 2.45) is 17.8 Å². The maximum absolute atomic E-state index is 12.6. The normalized spacial score (nSPS) is 28.0. The van der Waals surface area contributed by atoms with E-state index in [9.17, 15) is 9.59 Å². The van der Waals surface area contributed by atoms with Crippen molar-refractivity contribution < 1.29 is 24.2 Å². The highest BCUT2D eigenvalue weighted by Gasteiger charge is 2.38. The molecule has 2 aliphatic rings. The molecule has 1 aliphatic heterocycles. The maximum atomic E-state index is 12.6. The highest BCUT2D eigenvalue weighted by Crippen LogP contribution is 2.38. The zero-order valence-corrected chi connectivity index (χ0v) is 20.0. The Balaban J connectivity index is 2.03. The minimum atomic E-state index is -0.766. The van der Waals surface area contributed by atoms with Gasteiger partial charge in [0.05, 0.1) is 5.60 Å². The molecule has 0 spiro atoms. The highest BCUT2D eigenvalue weighted by molar-refractivity contribution is 5.84. The Morgan fingerprint density at radius 1 is 1.34 bits per heavy atom. The van der Waals surface area contributed by atoms with Crippen molar-refractivity contribution in [2.45, 2.75) is 96.9 Å². The van der Waals surface area contributed by atoms with Crippen LogP contribution in [0.2, 0.25) is 0 Å². The number of rotatable bonds is 12. The van der Waals surface area contributed by atoms with E-state index < -0.39 is 11.6 Å². The summed E-state index contributed by atoms with van der Waals surface area (Å²) < 4.78 is 12.2. The van der Waals surface area contributed by atoms with E-state index in [2.05, 4.69) is 37.8 Å². The van der Waals surface area contributed by atoms with Crippen molar-refractivity contribution in [3.63, 3.8) is 0 Å². The van der Waals surface area contributed by atoms with Crippen LogP contribution >= 0.6 is 0 Å². The molecule has 1 saturated carbocycles. The summed E-state index contributed by atoms with van der Waals surface area (Å²) in [6.45, 7) is 6.84. The van der Waals surface area contributed by atoms with Gasteiger partial charge in [-0.2, -0.15) is 0 Å². The number of carbonyl (C=O) groups excluding carboxylic acids is 1. The number of unbranched alkanes of at least 4 members (excludes halogenated alkanes) is 1. The minimum Gasteiger partial charge on any atom is -0.481 e. The molecule has 2 fully saturated rings. The second-order valence-electron chi connectivity index (χ2n) is 9.34. The molecule has 0 amide bonds. The molecule has 0 aromatic rings. The fourth-order valence-corrected chi connectivity index (χ4v) is 4.60. The van der Waals surface area contributed by atoms with Crippen molar-refractivity contribution in [3.8, 4) is 11.8 Å². The summed E-state index contributed by atoms with van der Waals surface area (Å²) in [5.41, 5.74) is -0.478. The van der Waals surface area contributed by atoms with Crippen molar-refractivity contribution in [2.75, 3.05) is 6.61 Å². The zero-order chi connectivity index (χ0) is 23.4. The Morgan fingerprint density at radius 3 is 2.84 bits per heavy atom. The van der Waals surface area contributed by atoms with Crippen LogP contribution in [0, 0.1) is 29.6 Å². The van der Waals surface area contributed by atoms with E-state index in [1.54, 1.807) is 0 Å². The zero-order valence-electron chi connectivity index (χ0n) is 20.0. The van der Waals surface area contributed by atoms with Gasteiger partial charge >= 0.3 is 5.97 Å². The fourth-order valence-electron chi connectivity index (χ4n) is 4.60. The number of ether oxygens (including phenoxy) is 2. The Hall–Kier alpha value is -1.90. The number of aliphatic carboxylic acids is 1. The molecular formula is C27H40O5. The molecule has 0 aromatic carbocycles. The molecule has 0 aromatic heterocycles. The summed E-state index contributed by atoms with van der Waals surface area (Å²) in [6, 6.07) is 0. The van der Waals surface area contributed by atoms with E-state index in [-0.39, 0.29) is 24.5 Å². The summed E-state index contributed by atoms with van der Waals surface area (Å²) in [5, 5.41) is 8.74. The van der Waals surface area contributed by atoms with Gasteiger partial charge in [-0.3, -0.25) is 9.59 Å². The lowest BCUT2D eigenvalue weighted by atomic mass is 9.85. The molecule has 2 rings (SSSR count). The van der Waals surface area contributed by atoms with Gasteiger partial charge in [-0.1, -0.05) is 31.2 Å². The third kappa shape index (κ3) is 8.92. The van der Waals surface area contributed by atoms with Crippen LogP contribution in [0.4, 0.5) is 0 Å². The van der Waals surface area contributed by atoms with Crippen LogP contribution < -0.4 is 0 Å². The Kier molecular flexibility index (Phi) is 11.2. The fraction of sp³-hybridized carbons (Fsp3) is 0.704. The van der Waals surface area contributed by atoms with Crippen LogP contribution in [-0.2, 0) is 19.1 Å². The quantitative estimate of drug-likeness (QED) is 0.238. The standard InChI is InChI=1S/C27H40O5/c1-4-5-11-17-27(3,32-26-15-10-12-19-31-26)18-16-22-21(2)20-24(28)23(22)13-8-6-7-9-14-25(29)30/h6,8,16,18,21-23,26H,7,9-15,17,19-20H2,1-3H3,(H,29,30)/b8-6-,18-16+/t21-,22+,23-,26?,27?/m1/s1. The third-order valence-electron chi connectivity index (χ3n) is 6.51. The first-order chi connectivity index (χ1) is 15.3. The minimum absolute atomic E-state index is 0.0254. The monoisotopic (exact) mass is 444 g/mol. The molecule has 1 aliphatic carbocycles. The van der Waals surface area contributed by atoms with Crippen molar-refractivity contribution in [3.05, 3.63) is 24.3 Å². The van der Waals surface area contributed by atoms with Crippen LogP contribution in [0.3, 0.4) is 0 Å². The average Bonchev–Trinajstić information content (AvgIpc) is 3.02. The maximum Gasteiger partial charge on any atom is 0.303 e. The lowest BCUT2D eigenvalue weighted by Gasteiger charge is -2.34. The first-order valence-electron chi connectivity index (χ1n) is 12.1. The molecule has 0 radical (unpaired) electrons. The van der Waals surface area contributed by atoms with Crippen LogP contribution in [0.15, 0.2) is 24.3 Å². The molecule has 2 unspecified atom stereocenters. The molecule has 1 heterocycles. The lowest BCUT2D eigenvalue weighted by molar-refractivity contribution is -0.207. The summed E-state index contributed by atoms with van der Waals surface area (Å²) in [5.74, 6) is 6.10. The number of allylic oxidation sites excluding steroid dienone is 3. The summed E-state index contributed by atoms with van der Waals surface area (Å²) in [6.07, 6.45) is 15.7. The summed E-state index contributed by atoms with van der Waals surface area (Å²) in [7, 11) is 0. The van der Waals surface area contributed by atoms with Crippen molar-refractivity contribution >= 4 is 11.8 Å². The van der Waals surface area contributed by atoms with Gasteiger partial charge in [-0.05, 0) is 70.6 Å². The van der Waals surface area contributed by atoms with Crippen LogP contribution in [0.1, 0.15) is 85.0 Å². The van der Waals surface area contributed by atoms with Crippen molar-refractivity contribution in [1.29, 1.82) is 0 Å². The molecule has 1 saturated heterocycles. The first kappa shape index (κ1) is 26.4. The molecule has 1 N–H and O–H groups in total. The largest absolute Gasteiger partial charge is 0.481 e. The van der Waals surface area contributed by atoms with E-state index in [1.807, 2.05) is 19.1 Å². The van der Waals surface area contributed by atoms with Gasteiger partial charge < -0.3 is 14.6 Å². The van der Waals surface area contributed by atoms with Crippen LogP contribution in [-0.4, -0.2) is 35.4 Å². The van der Waals surface area contributed by atoms with Gasteiger partial charge in [-0.15, -0.1) is 11.8 Å². The Labute approximate surface area is 193 Å².